The summed E-state index contributed by atoms with van der Waals surface area (Å²) in [4.78, 5) is 14.6. The zero-order valence-corrected chi connectivity index (χ0v) is 6.85. The Bertz CT molecular complexity index is 416. The Labute approximate surface area is 73.4 Å². The van der Waals surface area contributed by atoms with E-state index in [1.165, 1.54) is 13.2 Å². The van der Waals surface area contributed by atoms with Crippen LogP contribution in [0.4, 0.5) is 0 Å². The summed E-state index contributed by atoms with van der Waals surface area (Å²) in [6.07, 6.45) is 1.49. The molecule has 5 heteroatoms. The Balaban J connectivity index is 2.39. The van der Waals surface area contributed by atoms with Crippen LogP contribution in [0, 0.1) is 0 Å². The fraction of sp³-hybridized carbons (Fsp3) is 0.125. The summed E-state index contributed by atoms with van der Waals surface area (Å²) >= 11 is 0. The first-order valence-electron chi connectivity index (χ1n) is 3.66. The maximum Gasteiger partial charge on any atom is 0.294 e. The molecule has 0 aliphatic rings. The van der Waals surface area contributed by atoms with Crippen molar-refractivity contribution in [3.8, 4) is 11.7 Å². The van der Waals surface area contributed by atoms with E-state index in [1.54, 1.807) is 12.1 Å². The van der Waals surface area contributed by atoms with Crippen LogP contribution >= 0.6 is 0 Å². The number of ketones is 1. The van der Waals surface area contributed by atoms with Crippen molar-refractivity contribution < 1.29 is 13.7 Å². The molecule has 0 atom stereocenters. The van der Waals surface area contributed by atoms with Crippen LogP contribution in [0.2, 0.25) is 0 Å². The minimum absolute atomic E-state index is 0.0615. The van der Waals surface area contributed by atoms with Crippen LogP contribution in [0.5, 0.6) is 0 Å². The summed E-state index contributed by atoms with van der Waals surface area (Å²) < 4.78 is 9.80. The molecule has 0 saturated carbocycles. The van der Waals surface area contributed by atoms with Crippen molar-refractivity contribution in [2.24, 2.45) is 0 Å². The molecule has 2 rings (SSSR count). The Morgan fingerprint density at radius 1 is 1.54 bits per heavy atom. The maximum atomic E-state index is 10.8. The average molecular weight is 178 g/mol. The van der Waals surface area contributed by atoms with Gasteiger partial charge in [0.2, 0.25) is 11.6 Å². The summed E-state index contributed by atoms with van der Waals surface area (Å²) in [5, 5.41) is 3.48. The number of rotatable bonds is 2. The summed E-state index contributed by atoms with van der Waals surface area (Å²) in [6, 6.07) is 3.38. The second-order valence-electron chi connectivity index (χ2n) is 2.46. The van der Waals surface area contributed by atoms with Crippen LogP contribution in [-0.2, 0) is 0 Å². The molecule has 0 saturated heterocycles. The Morgan fingerprint density at radius 3 is 2.92 bits per heavy atom. The number of hydrogen-bond acceptors (Lipinski definition) is 5. The second kappa shape index (κ2) is 2.85. The van der Waals surface area contributed by atoms with Crippen molar-refractivity contribution in [1.29, 1.82) is 0 Å². The van der Waals surface area contributed by atoms with E-state index >= 15 is 0 Å². The predicted molar refractivity (Wildman–Crippen MR) is 42.0 cm³/mol. The van der Waals surface area contributed by atoms with Gasteiger partial charge in [-0.1, -0.05) is 5.16 Å². The lowest BCUT2D eigenvalue weighted by Gasteiger charge is -1.81. The van der Waals surface area contributed by atoms with E-state index in [4.69, 9.17) is 8.94 Å². The average Bonchev–Trinajstić information content (AvgIpc) is 2.75. The first kappa shape index (κ1) is 7.72. The quantitative estimate of drug-likeness (QED) is 0.652. The van der Waals surface area contributed by atoms with Gasteiger partial charge >= 0.3 is 0 Å². The van der Waals surface area contributed by atoms with Crippen molar-refractivity contribution >= 4 is 5.78 Å². The summed E-state index contributed by atoms with van der Waals surface area (Å²) in [5.41, 5.74) is 0. The van der Waals surface area contributed by atoms with Crippen molar-refractivity contribution in [3.05, 3.63) is 24.2 Å². The number of carbonyl (C=O) groups is 1. The molecule has 0 aliphatic heterocycles. The first-order valence-corrected chi connectivity index (χ1v) is 3.66. The lowest BCUT2D eigenvalue weighted by Crippen LogP contribution is -1.93. The SMILES string of the molecule is CC(=O)c1noc(-c2ccco2)n1. The van der Waals surface area contributed by atoms with E-state index in [1.807, 2.05) is 0 Å². The predicted octanol–water partition coefficient (Wildman–Crippen LogP) is 1.53. The Morgan fingerprint density at radius 2 is 2.38 bits per heavy atom. The number of Topliss-reactive ketones (excluding diaryl/α,β-unsaturated/α-hetero) is 1. The normalized spacial score (nSPS) is 10.2. The fourth-order valence-electron chi connectivity index (χ4n) is 0.867. The molecular weight excluding hydrogens is 172 g/mol. The van der Waals surface area contributed by atoms with E-state index in [-0.39, 0.29) is 17.5 Å². The summed E-state index contributed by atoms with van der Waals surface area (Å²) in [7, 11) is 0. The minimum atomic E-state index is -0.235. The van der Waals surface area contributed by atoms with Gasteiger partial charge in [-0.2, -0.15) is 4.98 Å². The molecule has 2 aromatic rings. The molecule has 66 valence electrons. The molecule has 0 radical (unpaired) electrons. The van der Waals surface area contributed by atoms with E-state index in [9.17, 15) is 4.79 Å². The van der Waals surface area contributed by atoms with Crippen molar-refractivity contribution in [2.75, 3.05) is 0 Å². The zero-order chi connectivity index (χ0) is 9.26. The van der Waals surface area contributed by atoms with E-state index in [2.05, 4.69) is 10.1 Å². The monoisotopic (exact) mass is 178 g/mol. The number of furan rings is 1. The lowest BCUT2D eigenvalue weighted by atomic mass is 10.4. The summed E-state index contributed by atoms with van der Waals surface area (Å²) in [6.45, 7) is 1.37. The van der Waals surface area contributed by atoms with Gasteiger partial charge in [-0.15, -0.1) is 0 Å². The van der Waals surface area contributed by atoms with E-state index in [0.717, 1.165) is 0 Å². The molecule has 2 heterocycles. The number of nitrogens with zero attached hydrogens (tertiary/aromatic N) is 2. The highest BCUT2D eigenvalue weighted by molar-refractivity contribution is 5.90. The topological polar surface area (TPSA) is 69.1 Å². The standard InChI is InChI=1S/C8H6N2O3/c1-5(11)7-9-8(13-10-7)6-3-2-4-12-6/h2-4H,1H3. The van der Waals surface area contributed by atoms with E-state index < -0.39 is 0 Å². The molecule has 0 bridgehead atoms. The minimum Gasteiger partial charge on any atom is -0.459 e. The van der Waals surface area contributed by atoms with Gasteiger partial charge < -0.3 is 8.94 Å². The highest BCUT2D eigenvalue weighted by Gasteiger charge is 2.13. The van der Waals surface area contributed by atoms with Crippen molar-refractivity contribution in [3.63, 3.8) is 0 Å². The molecule has 0 N–H and O–H groups in total. The molecule has 0 amide bonds. The third-order valence-corrected chi connectivity index (χ3v) is 1.47. The van der Waals surface area contributed by atoms with E-state index in [0.29, 0.717) is 5.76 Å². The Kier molecular flexibility index (Phi) is 1.70. The van der Waals surface area contributed by atoms with Crippen LogP contribution in [-0.4, -0.2) is 15.9 Å². The highest BCUT2D eigenvalue weighted by atomic mass is 16.5. The molecule has 0 fully saturated rings. The van der Waals surface area contributed by atoms with Gasteiger partial charge in [0.25, 0.3) is 5.89 Å². The van der Waals surface area contributed by atoms with Gasteiger partial charge in [-0.3, -0.25) is 4.79 Å². The van der Waals surface area contributed by atoms with Crippen LogP contribution in [0.3, 0.4) is 0 Å². The van der Waals surface area contributed by atoms with Crippen LogP contribution in [0.1, 0.15) is 17.5 Å². The Hall–Kier alpha value is -1.91. The van der Waals surface area contributed by atoms with Crippen LogP contribution < -0.4 is 0 Å². The lowest BCUT2D eigenvalue weighted by molar-refractivity contribution is 0.100. The second-order valence-corrected chi connectivity index (χ2v) is 2.46. The van der Waals surface area contributed by atoms with Crippen LogP contribution in [0.15, 0.2) is 27.3 Å². The third kappa shape index (κ3) is 1.35. The highest BCUT2D eigenvalue weighted by Crippen LogP contribution is 2.16. The molecule has 2 aromatic heterocycles. The fourth-order valence-corrected chi connectivity index (χ4v) is 0.867. The van der Waals surface area contributed by atoms with Gasteiger partial charge in [-0.05, 0) is 12.1 Å². The summed E-state index contributed by atoms with van der Waals surface area (Å²) in [5.74, 6) is 0.503. The third-order valence-electron chi connectivity index (χ3n) is 1.47. The maximum absolute atomic E-state index is 10.8. The molecule has 0 unspecified atom stereocenters. The van der Waals surface area contributed by atoms with Gasteiger partial charge in [0.1, 0.15) is 0 Å². The van der Waals surface area contributed by atoms with Crippen molar-refractivity contribution in [2.45, 2.75) is 6.92 Å². The first-order chi connectivity index (χ1) is 6.27. The molecule has 0 aliphatic carbocycles. The molecule has 0 aromatic carbocycles. The number of carbonyl (C=O) groups excluding carboxylic acids is 1. The van der Waals surface area contributed by atoms with Crippen molar-refractivity contribution in [1.82, 2.24) is 10.1 Å². The molecular formula is C8H6N2O3. The molecule has 13 heavy (non-hydrogen) atoms. The van der Waals surface area contributed by atoms with Crippen LogP contribution in [0.25, 0.3) is 11.7 Å². The zero-order valence-electron chi connectivity index (χ0n) is 6.85. The number of aromatic nitrogens is 2. The van der Waals surface area contributed by atoms with Gasteiger partial charge in [0, 0.05) is 6.92 Å². The molecule has 0 spiro atoms. The smallest absolute Gasteiger partial charge is 0.294 e. The van der Waals surface area contributed by atoms with Gasteiger partial charge in [-0.25, -0.2) is 0 Å². The van der Waals surface area contributed by atoms with Gasteiger partial charge in [0.05, 0.1) is 6.26 Å². The molecule has 5 nitrogen and oxygen atoms in total. The van der Waals surface area contributed by atoms with Gasteiger partial charge in [0.15, 0.2) is 5.76 Å². The number of hydrogen-bond donors (Lipinski definition) is 0. The largest absolute Gasteiger partial charge is 0.459 e.